The Kier molecular flexibility index (Phi) is 2.73. The molecule has 2 heteroatoms. The predicted molar refractivity (Wildman–Crippen MR) is 60.6 cm³/mol. The van der Waals surface area contributed by atoms with Gasteiger partial charge in [-0.15, -0.1) is 0 Å². The topological polar surface area (TPSA) is 29.3 Å². The van der Waals surface area contributed by atoms with E-state index >= 15 is 0 Å². The molecule has 0 aromatic heterocycles. The fraction of sp³-hybridized carbons (Fsp3) is 0.500. The van der Waals surface area contributed by atoms with Crippen molar-refractivity contribution in [3.63, 3.8) is 0 Å². The maximum atomic E-state index is 5.84. The highest BCUT2D eigenvalue weighted by Gasteiger charge is 2.16. The van der Waals surface area contributed by atoms with Crippen molar-refractivity contribution in [1.82, 2.24) is 0 Å². The van der Waals surface area contributed by atoms with Crippen LogP contribution in [0, 0.1) is 0 Å². The van der Waals surface area contributed by atoms with Crippen LogP contribution in [0.2, 0.25) is 0 Å². The number of hydrogen-bond donors (Lipinski definition) is 1. The minimum atomic E-state index is 0.251. The number of aryl methyl sites for hydroxylation is 1. The van der Waals surface area contributed by atoms with E-state index in [0.29, 0.717) is 0 Å². The zero-order chi connectivity index (χ0) is 9.97. The van der Waals surface area contributed by atoms with Gasteiger partial charge in [0.05, 0.1) is 0 Å². The van der Waals surface area contributed by atoms with Crippen molar-refractivity contribution in [3.8, 4) is 0 Å². The van der Waals surface area contributed by atoms with Gasteiger partial charge in [0, 0.05) is 24.8 Å². The molecule has 0 saturated carbocycles. The Morgan fingerprint density at radius 2 is 2.21 bits per heavy atom. The van der Waals surface area contributed by atoms with E-state index < -0.39 is 0 Å². The minimum Gasteiger partial charge on any atom is -0.370 e. The number of para-hydroxylation sites is 1. The largest absolute Gasteiger partial charge is 0.370 e. The molecule has 1 atom stereocenters. The van der Waals surface area contributed by atoms with Gasteiger partial charge in [-0.1, -0.05) is 18.2 Å². The number of benzene rings is 1. The summed E-state index contributed by atoms with van der Waals surface area (Å²) in [5.74, 6) is 0. The molecular weight excluding hydrogens is 172 g/mol. The fourth-order valence-corrected chi connectivity index (χ4v) is 2.15. The molecule has 0 amide bonds. The molecule has 0 saturated heterocycles. The summed E-state index contributed by atoms with van der Waals surface area (Å²) < 4.78 is 0. The number of nitrogens with zero attached hydrogens (tertiary/aromatic N) is 1. The maximum absolute atomic E-state index is 5.84. The molecule has 14 heavy (non-hydrogen) atoms. The van der Waals surface area contributed by atoms with Crippen LogP contribution in [0.15, 0.2) is 24.3 Å². The molecule has 2 N–H and O–H groups in total. The van der Waals surface area contributed by atoms with Crippen molar-refractivity contribution >= 4 is 5.69 Å². The van der Waals surface area contributed by atoms with Crippen LogP contribution in [-0.2, 0) is 6.42 Å². The molecule has 2 rings (SSSR count). The second kappa shape index (κ2) is 4.01. The van der Waals surface area contributed by atoms with Crippen molar-refractivity contribution in [2.45, 2.75) is 25.8 Å². The molecule has 76 valence electrons. The van der Waals surface area contributed by atoms with Gasteiger partial charge in [0.1, 0.15) is 0 Å². The first-order valence-corrected chi connectivity index (χ1v) is 5.36. The fourth-order valence-electron chi connectivity index (χ4n) is 2.15. The number of hydrogen-bond acceptors (Lipinski definition) is 2. The second-order valence-electron chi connectivity index (χ2n) is 4.16. The smallest absolute Gasteiger partial charge is 0.0399 e. The number of anilines is 1. The molecule has 1 aliphatic heterocycles. The number of nitrogens with two attached hydrogens (primary N) is 1. The third-order valence-electron chi connectivity index (χ3n) is 2.71. The summed E-state index contributed by atoms with van der Waals surface area (Å²) in [5.41, 5.74) is 8.70. The quantitative estimate of drug-likeness (QED) is 0.770. The highest BCUT2D eigenvalue weighted by molar-refractivity contribution is 5.55. The van der Waals surface area contributed by atoms with Crippen LogP contribution in [0.25, 0.3) is 0 Å². The summed E-state index contributed by atoms with van der Waals surface area (Å²) in [6.45, 7) is 4.19. The highest BCUT2D eigenvalue weighted by Crippen LogP contribution is 2.26. The maximum Gasteiger partial charge on any atom is 0.0399 e. The summed E-state index contributed by atoms with van der Waals surface area (Å²) >= 11 is 0. The van der Waals surface area contributed by atoms with E-state index in [4.69, 9.17) is 5.73 Å². The van der Waals surface area contributed by atoms with E-state index in [1.807, 2.05) is 0 Å². The van der Waals surface area contributed by atoms with Crippen LogP contribution in [0.4, 0.5) is 5.69 Å². The van der Waals surface area contributed by atoms with Gasteiger partial charge in [-0.05, 0) is 31.4 Å². The molecule has 1 aliphatic rings. The lowest BCUT2D eigenvalue weighted by Gasteiger charge is -2.32. The van der Waals surface area contributed by atoms with Crippen molar-refractivity contribution < 1.29 is 0 Å². The van der Waals surface area contributed by atoms with Gasteiger partial charge in [-0.25, -0.2) is 0 Å². The van der Waals surface area contributed by atoms with E-state index in [1.54, 1.807) is 0 Å². The minimum absolute atomic E-state index is 0.251. The van der Waals surface area contributed by atoms with Crippen LogP contribution in [0.5, 0.6) is 0 Å². The molecule has 1 aromatic carbocycles. The normalized spacial score (nSPS) is 17.7. The number of rotatable bonds is 2. The molecule has 0 aliphatic carbocycles. The Bertz CT molecular complexity index is 307. The Morgan fingerprint density at radius 1 is 1.43 bits per heavy atom. The molecule has 0 radical (unpaired) electrons. The third-order valence-corrected chi connectivity index (χ3v) is 2.71. The first kappa shape index (κ1) is 9.53. The van der Waals surface area contributed by atoms with Crippen molar-refractivity contribution in [1.29, 1.82) is 0 Å². The third kappa shape index (κ3) is 1.90. The molecule has 0 fully saturated rings. The van der Waals surface area contributed by atoms with Gasteiger partial charge < -0.3 is 10.6 Å². The second-order valence-corrected chi connectivity index (χ2v) is 4.16. The Balaban J connectivity index is 2.22. The standard InChI is InChI=1S/C12H18N2/c1-10(13)9-14-8-4-6-11-5-2-3-7-12(11)14/h2-3,5,7,10H,4,6,8-9,13H2,1H3. The van der Waals surface area contributed by atoms with Gasteiger partial charge in [0.25, 0.3) is 0 Å². The van der Waals surface area contributed by atoms with E-state index in [0.717, 1.165) is 13.1 Å². The van der Waals surface area contributed by atoms with E-state index in [2.05, 4.69) is 36.1 Å². The van der Waals surface area contributed by atoms with Gasteiger partial charge in [0.15, 0.2) is 0 Å². The van der Waals surface area contributed by atoms with Gasteiger partial charge in [-0.2, -0.15) is 0 Å². The average molecular weight is 190 g/mol. The van der Waals surface area contributed by atoms with Crippen LogP contribution < -0.4 is 10.6 Å². The van der Waals surface area contributed by atoms with Crippen LogP contribution >= 0.6 is 0 Å². The van der Waals surface area contributed by atoms with Gasteiger partial charge in [-0.3, -0.25) is 0 Å². The van der Waals surface area contributed by atoms with Crippen molar-refractivity contribution in [2.75, 3.05) is 18.0 Å². The lowest BCUT2D eigenvalue weighted by Crippen LogP contribution is -2.38. The molecule has 1 aromatic rings. The monoisotopic (exact) mass is 190 g/mol. The SMILES string of the molecule is CC(N)CN1CCCc2ccccc21. The molecule has 1 heterocycles. The first-order chi connectivity index (χ1) is 6.77. The zero-order valence-corrected chi connectivity index (χ0v) is 8.74. The lowest BCUT2D eigenvalue weighted by atomic mass is 10.0. The van der Waals surface area contributed by atoms with E-state index in [9.17, 15) is 0 Å². The Hall–Kier alpha value is -1.02. The van der Waals surface area contributed by atoms with Crippen LogP contribution in [-0.4, -0.2) is 19.1 Å². The highest BCUT2D eigenvalue weighted by atomic mass is 15.1. The summed E-state index contributed by atoms with van der Waals surface area (Å²) in [4.78, 5) is 2.41. The summed E-state index contributed by atoms with van der Waals surface area (Å²) in [6, 6.07) is 8.91. The van der Waals surface area contributed by atoms with Crippen LogP contribution in [0.3, 0.4) is 0 Å². The predicted octanol–water partition coefficient (Wildman–Crippen LogP) is 1.79. The summed E-state index contributed by atoms with van der Waals surface area (Å²) in [6.07, 6.45) is 2.47. The van der Waals surface area contributed by atoms with Crippen LogP contribution in [0.1, 0.15) is 18.9 Å². The average Bonchev–Trinajstić information content (AvgIpc) is 2.18. The lowest BCUT2D eigenvalue weighted by molar-refractivity contribution is 0.634. The zero-order valence-electron chi connectivity index (χ0n) is 8.74. The van der Waals surface area contributed by atoms with Gasteiger partial charge >= 0.3 is 0 Å². The molecule has 1 unspecified atom stereocenters. The van der Waals surface area contributed by atoms with Crippen molar-refractivity contribution in [3.05, 3.63) is 29.8 Å². The van der Waals surface area contributed by atoms with E-state index in [-0.39, 0.29) is 6.04 Å². The summed E-state index contributed by atoms with van der Waals surface area (Å²) in [5, 5.41) is 0. The molecular formula is C12H18N2. The van der Waals surface area contributed by atoms with Gasteiger partial charge in [0.2, 0.25) is 0 Å². The summed E-state index contributed by atoms with van der Waals surface area (Å²) in [7, 11) is 0. The Labute approximate surface area is 85.7 Å². The Morgan fingerprint density at radius 3 is 3.00 bits per heavy atom. The first-order valence-electron chi connectivity index (χ1n) is 5.36. The number of fused-ring (bicyclic) bond motifs is 1. The molecule has 0 spiro atoms. The van der Waals surface area contributed by atoms with Crippen molar-refractivity contribution in [2.24, 2.45) is 5.73 Å². The molecule has 2 nitrogen and oxygen atoms in total. The van der Waals surface area contributed by atoms with E-state index in [1.165, 1.54) is 24.1 Å². The molecule has 0 bridgehead atoms.